The fourth-order valence-electron chi connectivity index (χ4n) is 10.0. The van der Waals surface area contributed by atoms with Crippen molar-refractivity contribution in [1.29, 1.82) is 0 Å². The summed E-state index contributed by atoms with van der Waals surface area (Å²) in [5.74, 6) is 0. The Labute approximate surface area is 558 Å². The van der Waals surface area contributed by atoms with E-state index < -0.39 is 0 Å². The van der Waals surface area contributed by atoms with Gasteiger partial charge in [-0.3, -0.25) is 12.1 Å². The van der Waals surface area contributed by atoms with Crippen LogP contribution in [0.4, 0.5) is 0 Å². The van der Waals surface area contributed by atoms with Crippen molar-refractivity contribution in [3.05, 3.63) is 354 Å². The quantitative estimate of drug-likeness (QED) is 0.0951. The Morgan fingerprint density at radius 3 is 0.956 bits per heavy atom. The molecule has 0 aliphatic rings. The van der Waals surface area contributed by atoms with Crippen molar-refractivity contribution >= 4 is 59.6 Å². The fourth-order valence-corrected chi connectivity index (χ4v) is 10.0. The van der Waals surface area contributed by atoms with Gasteiger partial charge in [-0.15, -0.1) is 149 Å². The zero-order valence-corrected chi connectivity index (χ0v) is 53.7. The van der Waals surface area contributed by atoms with E-state index in [1.54, 1.807) is 4.80 Å². The second kappa shape index (κ2) is 30.4. The summed E-state index contributed by atoms with van der Waals surface area (Å²) in [6.45, 7) is 0. The van der Waals surface area contributed by atoms with Crippen LogP contribution in [-0.4, -0.2) is 34.9 Å². The number of hydrogen-bond donors (Lipinski definition) is 0. The smallest absolute Gasteiger partial charge is 0.330 e. The molecule has 434 valence electrons. The summed E-state index contributed by atoms with van der Waals surface area (Å²) in [5, 5.41) is 9.21. The Kier molecular flexibility index (Phi) is 20.7. The summed E-state index contributed by atoms with van der Waals surface area (Å²) in [5.41, 5.74) is 22.7. The number of fused-ring (bicyclic) bond motifs is 1. The molecule has 0 aliphatic heterocycles. The molecular formula is C82H53Ir2N7. The van der Waals surface area contributed by atoms with Gasteiger partial charge in [0.15, 0.2) is 0 Å². The number of hydrogen-bond acceptors (Lipinski definition) is 6. The molecule has 0 unspecified atom stereocenters. The molecule has 14 rings (SSSR count). The van der Waals surface area contributed by atoms with Gasteiger partial charge in [0.25, 0.3) is 0 Å². The molecule has 0 saturated heterocycles. The zero-order valence-electron chi connectivity index (χ0n) is 48.9. The van der Waals surface area contributed by atoms with E-state index in [9.17, 15) is 0 Å². The van der Waals surface area contributed by atoms with Crippen LogP contribution in [0.1, 0.15) is 44.5 Å². The molecule has 0 atom stereocenters. The molecule has 0 N–H and O–H groups in total. The van der Waals surface area contributed by atoms with Crippen LogP contribution < -0.4 is 0 Å². The van der Waals surface area contributed by atoms with Crippen molar-refractivity contribution in [2.24, 2.45) is 0 Å². The maximum absolute atomic E-state index is 4.70. The third-order valence-corrected chi connectivity index (χ3v) is 14.6. The molecule has 0 aliphatic carbocycles. The van der Waals surface area contributed by atoms with Gasteiger partial charge in [-0.25, -0.2) is 5.56 Å². The van der Waals surface area contributed by atoms with Crippen LogP contribution in [0.15, 0.2) is 274 Å². The molecule has 9 heteroatoms. The molecule has 7 nitrogen and oxygen atoms in total. The van der Waals surface area contributed by atoms with Crippen molar-refractivity contribution in [2.45, 2.75) is 0 Å². The molecule has 0 amide bonds. The average Bonchev–Trinajstić information content (AvgIpc) is 2.49. The van der Waals surface area contributed by atoms with E-state index in [4.69, 9.17) is 9.97 Å². The molecule has 0 saturated carbocycles. The van der Waals surface area contributed by atoms with Crippen LogP contribution in [0.2, 0.25) is 0 Å². The van der Waals surface area contributed by atoms with E-state index in [-0.39, 0.29) is 40.2 Å². The standard InChI is InChI=1S/C50H31N5.C32H22N2.2Ir/c1-3-11-41(12-4-1)47-29-23-36(34-51-47)19-21-38-31-39(22-20-37-24-30-48(52-35-37)42-13-5-2-6-14-42)33-43(32-38)46-16-8-7-15-45(46)40-25-27-44(28-26-40)55-53-49-17-9-10-18-50(49)54-55;1-3-10-29(11-4-1)31-20-18-27(23-33-31)16-14-25-8-7-9-26(22-25)15-17-28-19-21-32(34-24-28)30-12-5-2-6-13-30;;/h1-11,13,15-26,29-35H;1-10,12,14-24H;;/q-4;-2;2*+3/b21-19-,22-20-;16-14-,17-15-;;. The summed E-state index contributed by atoms with van der Waals surface area (Å²) in [7, 11) is 0. The summed E-state index contributed by atoms with van der Waals surface area (Å²) >= 11 is 0. The number of rotatable bonds is 15. The van der Waals surface area contributed by atoms with Gasteiger partial charge in [0.2, 0.25) is 0 Å². The average molecular weight is 1520 g/mol. The van der Waals surface area contributed by atoms with Crippen LogP contribution in [0.3, 0.4) is 0 Å². The Hall–Kier alpha value is -10.8. The second-order valence-electron chi connectivity index (χ2n) is 20.8. The van der Waals surface area contributed by atoms with Gasteiger partial charge in [0.05, 0.1) is 0 Å². The van der Waals surface area contributed by atoms with E-state index in [0.29, 0.717) is 5.69 Å². The van der Waals surface area contributed by atoms with Crippen LogP contribution in [0, 0.1) is 36.4 Å². The second-order valence-corrected chi connectivity index (χ2v) is 20.8. The van der Waals surface area contributed by atoms with E-state index in [2.05, 4.69) is 196 Å². The fraction of sp³-hybridized carbons (Fsp3) is 0. The maximum Gasteiger partial charge on any atom is 3.00 e. The topological polar surface area (TPSA) is 82.3 Å². The number of pyridine rings is 4. The van der Waals surface area contributed by atoms with Gasteiger partial charge in [-0.1, -0.05) is 152 Å². The first-order valence-corrected chi connectivity index (χ1v) is 29.1. The minimum Gasteiger partial charge on any atom is -0.330 e. The largest absolute Gasteiger partial charge is 3.00 e. The van der Waals surface area contributed by atoms with E-state index in [0.717, 1.165) is 123 Å². The van der Waals surface area contributed by atoms with Crippen LogP contribution >= 0.6 is 0 Å². The van der Waals surface area contributed by atoms with Gasteiger partial charge in [0, 0.05) is 24.8 Å². The molecule has 0 fully saturated rings. The third kappa shape index (κ3) is 16.1. The predicted molar refractivity (Wildman–Crippen MR) is 364 cm³/mol. The van der Waals surface area contributed by atoms with Gasteiger partial charge in [0.1, 0.15) is 11.0 Å². The Balaban J connectivity index is 0.000000203. The minimum atomic E-state index is 0. The Bertz CT molecular complexity index is 4510. The molecule has 0 radical (unpaired) electrons. The third-order valence-electron chi connectivity index (χ3n) is 14.6. The van der Waals surface area contributed by atoms with E-state index >= 15 is 0 Å². The summed E-state index contributed by atoms with van der Waals surface area (Å²) in [6.07, 6.45) is 24.4. The van der Waals surface area contributed by atoms with Gasteiger partial charge in [-0.2, -0.15) is 20.7 Å². The van der Waals surface area contributed by atoms with Crippen LogP contribution in [0.25, 0.3) is 133 Å². The van der Waals surface area contributed by atoms with Gasteiger partial charge in [-0.05, 0) is 115 Å². The van der Waals surface area contributed by atoms with Gasteiger partial charge < -0.3 is 32.1 Å². The maximum atomic E-state index is 4.70. The Morgan fingerprint density at radius 1 is 0.275 bits per heavy atom. The molecular weight excluding hydrogens is 1470 g/mol. The van der Waals surface area contributed by atoms with Gasteiger partial charge >= 0.3 is 40.2 Å². The monoisotopic (exact) mass is 1520 g/mol. The molecule has 5 heterocycles. The summed E-state index contributed by atoms with van der Waals surface area (Å²) in [4.78, 5) is 20.1. The molecule has 91 heavy (non-hydrogen) atoms. The SMILES string of the molecule is [Ir+3].[Ir+3].[c-]1cc(-c2ccccc2-c2cc(/C=C\c3ccc(-c4[c-]cccc4)nc3)cc(/C=C\c3ccc(-c4[c-]cccc4)nc3)c2)c[c-]c1-n1nc2ccccc2n1.[c-]1ccccc1-c1ccc(/C=C\c2cccc(/C=C\c3ccc(-c4[c-]cccc4)nc3)c2)cn1. The van der Waals surface area contributed by atoms with Crippen molar-refractivity contribution in [3.8, 4) is 73.0 Å². The normalized spacial score (nSPS) is 11.2. The molecule has 0 spiro atoms. The Morgan fingerprint density at radius 2 is 0.604 bits per heavy atom. The number of aromatic nitrogens is 7. The van der Waals surface area contributed by atoms with Crippen LogP contribution in [0.5, 0.6) is 0 Å². The first kappa shape index (κ1) is 61.9. The number of nitrogens with zero attached hydrogens (tertiary/aromatic N) is 7. The van der Waals surface area contributed by atoms with Crippen molar-refractivity contribution < 1.29 is 40.2 Å². The summed E-state index contributed by atoms with van der Waals surface area (Å²) < 4.78 is 0. The predicted octanol–water partition coefficient (Wildman–Crippen LogP) is 19.2. The van der Waals surface area contributed by atoms with E-state index in [1.165, 1.54) is 0 Å². The molecule has 5 aromatic heterocycles. The van der Waals surface area contributed by atoms with E-state index in [1.807, 2.05) is 183 Å². The molecule has 9 aromatic carbocycles. The molecule has 14 aromatic rings. The minimum absolute atomic E-state index is 0. The van der Waals surface area contributed by atoms with Crippen molar-refractivity contribution in [2.75, 3.05) is 0 Å². The molecule has 0 bridgehead atoms. The van der Waals surface area contributed by atoms with Crippen molar-refractivity contribution in [1.82, 2.24) is 34.9 Å². The zero-order chi connectivity index (χ0) is 59.8. The first-order chi connectivity index (χ1) is 44.0. The van der Waals surface area contributed by atoms with Crippen molar-refractivity contribution in [3.63, 3.8) is 0 Å². The summed E-state index contributed by atoms with van der Waals surface area (Å²) in [6, 6.07) is 103. The first-order valence-electron chi connectivity index (χ1n) is 29.1. The number of benzene rings is 9. The van der Waals surface area contributed by atoms with Crippen LogP contribution in [-0.2, 0) is 40.2 Å².